The van der Waals surface area contributed by atoms with Crippen LogP contribution in [0.2, 0.25) is 0 Å². The number of hydrogen-bond acceptors (Lipinski definition) is 6. The summed E-state index contributed by atoms with van der Waals surface area (Å²) in [7, 11) is 1.54. The van der Waals surface area contributed by atoms with Gasteiger partial charge in [-0.3, -0.25) is 9.59 Å². The molecule has 28 heavy (non-hydrogen) atoms. The number of amides is 2. The van der Waals surface area contributed by atoms with Crippen molar-refractivity contribution in [1.29, 1.82) is 0 Å². The molecule has 9 heteroatoms. The number of rotatable bonds is 5. The normalized spacial score (nSPS) is 24.2. The number of methoxy groups -OCH3 is 1. The minimum atomic E-state index is -0.490. The zero-order valence-corrected chi connectivity index (χ0v) is 16.8. The number of aliphatic hydroxyl groups is 1. The molecule has 0 bridgehead atoms. The summed E-state index contributed by atoms with van der Waals surface area (Å²) in [6.07, 6.45) is 4.36. The van der Waals surface area contributed by atoms with Crippen molar-refractivity contribution >= 4 is 24.2 Å². The van der Waals surface area contributed by atoms with E-state index in [2.05, 4.69) is 15.6 Å². The van der Waals surface area contributed by atoms with Gasteiger partial charge in [0.05, 0.1) is 37.1 Å². The van der Waals surface area contributed by atoms with Crippen LogP contribution in [0.25, 0.3) is 0 Å². The van der Waals surface area contributed by atoms with Crippen LogP contribution in [0.15, 0.2) is 6.07 Å². The minimum absolute atomic E-state index is 0. The summed E-state index contributed by atoms with van der Waals surface area (Å²) in [4.78, 5) is 31.6. The van der Waals surface area contributed by atoms with Gasteiger partial charge in [0.25, 0.3) is 5.91 Å². The van der Waals surface area contributed by atoms with Crippen LogP contribution in [0.5, 0.6) is 5.88 Å². The van der Waals surface area contributed by atoms with Crippen molar-refractivity contribution in [2.45, 2.75) is 63.4 Å². The number of hydrogen-bond donors (Lipinski definition) is 3. The number of nitrogens with zero attached hydrogens (tertiary/aromatic N) is 2. The molecule has 8 nitrogen and oxygen atoms in total. The van der Waals surface area contributed by atoms with Gasteiger partial charge < -0.3 is 25.4 Å². The van der Waals surface area contributed by atoms with E-state index in [1.807, 2.05) is 4.90 Å². The Bertz CT molecular complexity index is 754. The van der Waals surface area contributed by atoms with Gasteiger partial charge in [-0.1, -0.05) is 12.8 Å². The third-order valence-corrected chi connectivity index (χ3v) is 5.79. The van der Waals surface area contributed by atoms with E-state index in [0.717, 1.165) is 18.5 Å². The third kappa shape index (κ3) is 3.94. The van der Waals surface area contributed by atoms with Crippen LogP contribution in [0.1, 0.15) is 53.7 Å². The van der Waals surface area contributed by atoms with Gasteiger partial charge in [0.2, 0.25) is 11.8 Å². The van der Waals surface area contributed by atoms with Gasteiger partial charge in [0.1, 0.15) is 0 Å². The van der Waals surface area contributed by atoms with E-state index in [-0.39, 0.29) is 30.8 Å². The van der Waals surface area contributed by atoms with E-state index in [9.17, 15) is 14.7 Å². The Morgan fingerprint density at radius 3 is 2.82 bits per heavy atom. The molecule has 154 valence electrons. The van der Waals surface area contributed by atoms with Crippen LogP contribution < -0.4 is 15.4 Å². The molecule has 2 atom stereocenters. The van der Waals surface area contributed by atoms with E-state index < -0.39 is 12.1 Å². The Morgan fingerprint density at radius 1 is 1.43 bits per heavy atom. The number of ether oxygens (including phenoxy) is 1. The van der Waals surface area contributed by atoms with E-state index in [0.29, 0.717) is 42.6 Å². The van der Waals surface area contributed by atoms with Crippen molar-refractivity contribution < 1.29 is 19.4 Å². The van der Waals surface area contributed by atoms with E-state index >= 15 is 0 Å². The molecule has 2 fully saturated rings. The second kappa shape index (κ2) is 8.63. The highest BCUT2D eigenvalue weighted by Gasteiger charge is 2.36. The maximum Gasteiger partial charge on any atom is 0.256 e. The first-order valence-corrected chi connectivity index (χ1v) is 9.63. The number of halogens is 1. The molecule has 3 N–H and O–H groups in total. The highest BCUT2D eigenvalue weighted by atomic mass is 35.5. The van der Waals surface area contributed by atoms with Gasteiger partial charge in [-0.05, 0) is 25.3 Å². The Hall–Kier alpha value is -1.90. The zero-order chi connectivity index (χ0) is 19.0. The van der Waals surface area contributed by atoms with Gasteiger partial charge in [-0.2, -0.15) is 0 Å². The fourth-order valence-electron chi connectivity index (χ4n) is 4.30. The fraction of sp³-hybridized carbons (Fsp3) is 0.632. The Morgan fingerprint density at radius 2 is 2.18 bits per heavy atom. The van der Waals surface area contributed by atoms with Crippen LogP contribution in [-0.4, -0.2) is 58.6 Å². The second-order valence-corrected chi connectivity index (χ2v) is 7.59. The molecule has 0 spiro atoms. The maximum absolute atomic E-state index is 12.8. The van der Waals surface area contributed by atoms with Crippen molar-refractivity contribution in [3.05, 3.63) is 22.9 Å². The summed E-state index contributed by atoms with van der Waals surface area (Å²) in [6.45, 7) is 1.19. The van der Waals surface area contributed by atoms with Crippen molar-refractivity contribution in [2.75, 3.05) is 13.7 Å². The summed E-state index contributed by atoms with van der Waals surface area (Å²) < 4.78 is 5.39. The first-order valence-electron chi connectivity index (χ1n) is 9.63. The first kappa shape index (κ1) is 20.8. The summed E-state index contributed by atoms with van der Waals surface area (Å²) in [5.74, 6) is 0.294. The fourth-order valence-corrected chi connectivity index (χ4v) is 4.30. The molecule has 1 aromatic heterocycles. The number of carbonyl (C=O) groups excluding carboxylic acids is 2. The second-order valence-electron chi connectivity index (χ2n) is 7.59. The number of aromatic nitrogens is 1. The number of fused-ring (bicyclic) bond motifs is 1. The van der Waals surface area contributed by atoms with Crippen molar-refractivity contribution in [2.24, 2.45) is 0 Å². The van der Waals surface area contributed by atoms with E-state index in [1.165, 1.54) is 12.8 Å². The van der Waals surface area contributed by atoms with Crippen molar-refractivity contribution in [3.8, 4) is 5.88 Å². The SMILES string of the molecule is COc1nc2c(cc1CNC(=O)[C@@H]1C[C@@H](O)CN1)C(=O)N(C1CCCC1)C2.Cl. The van der Waals surface area contributed by atoms with Gasteiger partial charge in [-0.25, -0.2) is 4.98 Å². The van der Waals surface area contributed by atoms with Crippen molar-refractivity contribution in [3.63, 3.8) is 0 Å². The molecule has 3 heterocycles. The smallest absolute Gasteiger partial charge is 0.256 e. The number of pyridine rings is 1. The minimum Gasteiger partial charge on any atom is -0.481 e. The average Bonchev–Trinajstić information content (AvgIpc) is 3.40. The molecule has 2 aliphatic heterocycles. The Balaban J connectivity index is 0.00000225. The molecule has 3 aliphatic rings. The summed E-state index contributed by atoms with van der Waals surface area (Å²) >= 11 is 0. The molecular formula is C19H27ClN4O4. The number of carbonyl (C=O) groups is 2. The van der Waals surface area contributed by atoms with Gasteiger partial charge in [0.15, 0.2) is 0 Å². The molecular weight excluding hydrogens is 384 g/mol. The average molecular weight is 411 g/mol. The molecule has 0 aromatic carbocycles. The van der Waals surface area contributed by atoms with Crippen LogP contribution in [0.4, 0.5) is 0 Å². The maximum atomic E-state index is 12.8. The highest BCUT2D eigenvalue weighted by molar-refractivity contribution is 5.98. The van der Waals surface area contributed by atoms with E-state index in [1.54, 1.807) is 13.2 Å². The lowest BCUT2D eigenvalue weighted by Gasteiger charge is -2.22. The number of β-amino-alcohol motifs (C(OH)–C–C–N with tert-alkyl or cyclic N) is 1. The van der Waals surface area contributed by atoms with Gasteiger partial charge >= 0.3 is 0 Å². The molecule has 1 aliphatic carbocycles. The predicted molar refractivity (Wildman–Crippen MR) is 104 cm³/mol. The molecule has 4 rings (SSSR count). The topological polar surface area (TPSA) is 104 Å². The molecule has 1 aromatic rings. The molecule has 1 saturated carbocycles. The van der Waals surface area contributed by atoms with Crippen molar-refractivity contribution in [1.82, 2.24) is 20.5 Å². The largest absolute Gasteiger partial charge is 0.481 e. The molecule has 2 amide bonds. The predicted octanol–water partition coefficient (Wildman–Crippen LogP) is 0.749. The number of aliphatic hydroxyl groups excluding tert-OH is 1. The van der Waals surface area contributed by atoms with Gasteiger partial charge in [0, 0.05) is 24.7 Å². The summed E-state index contributed by atoms with van der Waals surface area (Å²) in [5, 5.41) is 15.4. The zero-order valence-electron chi connectivity index (χ0n) is 15.9. The lowest BCUT2D eigenvalue weighted by atomic mass is 10.1. The highest BCUT2D eigenvalue weighted by Crippen LogP contribution is 2.33. The summed E-state index contributed by atoms with van der Waals surface area (Å²) in [6, 6.07) is 1.71. The molecule has 0 unspecified atom stereocenters. The monoisotopic (exact) mass is 410 g/mol. The number of nitrogens with one attached hydrogen (secondary N) is 2. The summed E-state index contributed by atoms with van der Waals surface area (Å²) in [5.41, 5.74) is 2.05. The lowest BCUT2D eigenvalue weighted by molar-refractivity contribution is -0.123. The lowest BCUT2D eigenvalue weighted by Crippen LogP contribution is -2.40. The van der Waals surface area contributed by atoms with Crippen LogP contribution >= 0.6 is 12.4 Å². The first-order chi connectivity index (χ1) is 13.1. The Kier molecular flexibility index (Phi) is 6.42. The van der Waals surface area contributed by atoms with Gasteiger partial charge in [-0.15, -0.1) is 12.4 Å². The standard InChI is InChI=1S/C19H26N4O4.ClH/c1-27-18-11(8-21-17(25)15-7-13(24)9-20-15)6-14-16(22-18)10-23(19(14)26)12-4-2-3-5-12;/h6,12-13,15,20,24H,2-5,7-10H2,1H3,(H,21,25);1H/t13-,15+;/m1./s1. The van der Waals surface area contributed by atoms with E-state index in [4.69, 9.17) is 4.74 Å². The molecule has 1 saturated heterocycles. The third-order valence-electron chi connectivity index (χ3n) is 5.79. The van der Waals surface area contributed by atoms with Crippen LogP contribution in [-0.2, 0) is 17.9 Å². The van der Waals surface area contributed by atoms with Crippen LogP contribution in [0.3, 0.4) is 0 Å². The quantitative estimate of drug-likeness (QED) is 0.661. The van der Waals surface area contributed by atoms with Crippen LogP contribution in [0, 0.1) is 0 Å². The Labute approximate surface area is 170 Å². The molecule has 0 radical (unpaired) electrons.